The van der Waals surface area contributed by atoms with Gasteiger partial charge in [-0.15, -0.1) is 0 Å². The molecule has 0 radical (unpaired) electrons. The van der Waals surface area contributed by atoms with Gasteiger partial charge in [0, 0.05) is 25.7 Å². The lowest BCUT2D eigenvalue weighted by Gasteiger charge is -2.34. The number of allylic oxidation sites excluding steroid dienone is 5. The number of aliphatic hydroxyl groups excluding tert-OH is 1. The maximum Gasteiger partial charge on any atom is 0.245 e. The van der Waals surface area contributed by atoms with Crippen molar-refractivity contribution in [1.82, 2.24) is 20.9 Å². The second-order valence-electron chi connectivity index (χ2n) is 9.90. The van der Waals surface area contributed by atoms with Crippen molar-refractivity contribution < 1.29 is 24.2 Å². The molecule has 41 heavy (non-hydrogen) atoms. The number of rotatable bonds is 5. The van der Waals surface area contributed by atoms with Gasteiger partial charge in [0.25, 0.3) is 0 Å². The second-order valence-corrected chi connectivity index (χ2v) is 9.90. The predicted octanol–water partition coefficient (Wildman–Crippen LogP) is 3.03. The molecule has 1 aromatic rings. The quantitative estimate of drug-likeness (QED) is 0.434. The summed E-state index contributed by atoms with van der Waals surface area (Å²) in [5, 5.41) is 18.7. The molecule has 0 fully saturated rings. The lowest BCUT2D eigenvalue weighted by atomic mass is 9.96. The van der Waals surface area contributed by atoms with Crippen LogP contribution < -0.4 is 16.0 Å². The molecule has 0 spiro atoms. The van der Waals surface area contributed by atoms with E-state index < -0.39 is 30.0 Å². The number of aryl methyl sites for hydroxylation is 1. The Bertz CT molecular complexity index is 1070. The van der Waals surface area contributed by atoms with Crippen LogP contribution in [0, 0.1) is 12.8 Å². The topological polar surface area (TPSA) is 120 Å². The zero-order valence-corrected chi connectivity index (χ0v) is 25.4. The zero-order valence-electron chi connectivity index (χ0n) is 25.4. The molecule has 0 bridgehead atoms. The summed E-state index contributed by atoms with van der Waals surface area (Å²) >= 11 is 0. The third-order valence-corrected chi connectivity index (χ3v) is 6.59. The molecular weight excluding hydrogens is 520 g/mol. The van der Waals surface area contributed by atoms with Gasteiger partial charge in [0.2, 0.25) is 17.7 Å². The molecule has 0 saturated carbocycles. The van der Waals surface area contributed by atoms with E-state index >= 15 is 0 Å². The van der Waals surface area contributed by atoms with Crippen molar-refractivity contribution in [2.75, 3.05) is 33.3 Å². The van der Waals surface area contributed by atoms with E-state index in [0.29, 0.717) is 18.9 Å². The molecule has 9 heteroatoms. The largest absolute Gasteiger partial charge is 0.492 e. The minimum Gasteiger partial charge on any atom is -0.492 e. The Kier molecular flexibility index (Phi) is 16.7. The van der Waals surface area contributed by atoms with Crippen molar-refractivity contribution in [3.8, 4) is 0 Å². The van der Waals surface area contributed by atoms with E-state index in [1.54, 1.807) is 18.2 Å². The van der Waals surface area contributed by atoms with Gasteiger partial charge in [0.05, 0.1) is 18.7 Å². The van der Waals surface area contributed by atoms with Crippen molar-refractivity contribution in [1.29, 1.82) is 0 Å². The van der Waals surface area contributed by atoms with Gasteiger partial charge in [-0.25, -0.2) is 0 Å². The number of carbonyl (C=O) groups excluding carboxylic acids is 3. The molecule has 1 heterocycles. The Morgan fingerprint density at radius 2 is 1.85 bits per heavy atom. The molecule has 1 aliphatic rings. The monoisotopic (exact) mass is 568 g/mol. The Morgan fingerprint density at radius 3 is 2.39 bits per heavy atom. The Labute approximate surface area is 245 Å². The lowest BCUT2D eigenvalue weighted by Crippen LogP contribution is -2.59. The van der Waals surface area contributed by atoms with Crippen molar-refractivity contribution in [2.45, 2.75) is 59.2 Å². The molecule has 0 aromatic heterocycles. The fourth-order valence-electron chi connectivity index (χ4n) is 4.08. The van der Waals surface area contributed by atoms with Crippen molar-refractivity contribution in [3.63, 3.8) is 0 Å². The van der Waals surface area contributed by atoms with E-state index in [1.807, 2.05) is 51.1 Å². The second kappa shape index (κ2) is 19.4. The molecule has 0 aliphatic carbocycles. The molecule has 0 saturated heterocycles. The number of nitrogens with zero attached hydrogens (tertiary/aromatic N) is 1. The Balaban J connectivity index is 0.00000104. The van der Waals surface area contributed by atoms with Crippen LogP contribution in [0.1, 0.15) is 39.7 Å². The van der Waals surface area contributed by atoms with Gasteiger partial charge in [-0.3, -0.25) is 14.4 Å². The minimum absolute atomic E-state index is 0.0266. The third kappa shape index (κ3) is 12.6. The number of carbonyl (C=O) groups is 3. The van der Waals surface area contributed by atoms with Crippen LogP contribution in [-0.4, -0.2) is 79.2 Å². The first kappa shape index (κ1) is 35.3. The molecule has 4 unspecified atom stereocenters. The Morgan fingerprint density at radius 1 is 1.17 bits per heavy atom. The maximum absolute atomic E-state index is 13.3. The molecule has 1 aromatic carbocycles. The standard InChI is InChI=1S/C25H40N4O5.C7H8/c1-7-11-20-19(9-3)12-10-13-26-21(31)16-28-24(32)23(18(5)30)29(6)25(33)22(17(4)8-2)27-14-15-34-20;1-7-5-3-2-4-6-7/h7,9-12,17-18,22-23,27,30H,3,8,13-16H2,1-2,4-6H3,(H,26,31)(H,28,32);2-6H,1H3/b11-7-,12-10-,20-19-;. The highest BCUT2D eigenvalue weighted by Gasteiger charge is 2.35. The predicted molar refractivity (Wildman–Crippen MR) is 164 cm³/mol. The van der Waals surface area contributed by atoms with Crippen LogP contribution in [0.25, 0.3) is 0 Å². The highest BCUT2D eigenvalue weighted by molar-refractivity contribution is 5.92. The van der Waals surface area contributed by atoms with Crippen LogP contribution in [0.5, 0.6) is 0 Å². The first-order chi connectivity index (χ1) is 19.6. The number of ether oxygens (including phenoxy) is 1. The fraction of sp³-hybridized carbons (Fsp3) is 0.469. The van der Waals surface area contributed by atoms with Crippen LogP contribution in [0.2, 0.25) is 0 Å². The average molecular weight is 569 g/mol. The van der Waals surface area contributed by atoms with Crippen LogP contribution in [0.4, 0.5) is 0 Å². The summed E-state index contributed by atoms with van der Waals surface area (Å²) in [6.45, 7) is 13.8. The average Bonchev–Trinajstić information content (AvgIpc) is 2.95. The van der Waals surface area contributed by atoms with Gasteiger partial charge in [-0.2, -0.15) is 0 Å². The summed E-state index contributed by atoms with van der Waals surface area (Å²) in [6.07, 6.45) is 8.50. The van der Waals surface area contributed by atoms with Crippen LogP contribution in [0.15, 0.2) is 78.6 Å². The first-order valence-electron chi connectivity index (χ1n) is 14.1. The summed E-state index contributed by atoms with van der Waals surface area (Å²) in [4.78, 5) is 39.5. The van der Waals surface area contributed by atoms with Crippen molar-refractivity contribution in [3.05, 3.63) is 84.2 Å². The summed E-state index contributed by atoms with van der Waals surface area (Å²) in [5.41, 5.74) is 2.07. The third-order valence-electron chi connectivity index (χ3n) is 6.59. The van der Waals surface area contributed by atoms with Gasteiger partial charge in [0.15, 0.2) is 0 Å². The highest BCUT2D eigenvalue weighted by atomic mass is 16.5. The SMILES string of the molecule is C=CC1=C(\C=C/C)OCCNC(C(C)CC)C(=O)N(C)C(C(C)O)C(=O)NCC(=O)NC/C=C\1.Cc1ccccc1. The van der Waals surface area contributed by atoms with E-state index in [2.05, 4.69) is 41.6 Å². The lowest BCUT2D eigenvalue weighted by molar-refractivity contribution is -0.145. The normalized spacial score (nSPS) is 24.0. The molecule has 226 valence electrons. The molecule has 4 N–H and O–H groups in total. The van der Waals surface area contributed by atoms with E-state index in [1.165, 1.54) is 24.4 Å². The van der Waals surface area contributed by atoms with Crippen LogP contribution >= 0.6 is 0 Å². The van der Waals surface area contributed by atoms with E-state index in [-0.39, 0.29) is 24.9 Å². The van der Waals surface area contributed by atoms with Gasteiger partial charge in [-0.1, -0.05) is 87.0 Å². The number of aliphatic hydroxyl groups is 1. The van der Waals surface area contributed by atoms with Crippen molar-refractivity contribution >= 4 is 17.7 Å². The van der Waals surface area contributed by atoms with Crippen LogP contribution in [-0.2, 0) is 19.1 Å². The number of amides is 3. The number of hydrogen-bond donors (Lipinski definition) is 4. The van der Waals surface area contributed by atoms with E-state index in [9.17, 15) is 19.5 Å². The van der Waals surface area contributed by atoms with Crippen LogP contribution in [0.3, 0.4) is 0 Å². The van der Waals surface area contributed by atoms with Gasteiger partial charge < -0.3 is 30.7 Å². The van der Waals surface area contributed by atoms with Gasteiger partial charge in [0.1, 0.15) is 18.4 Å². The van der Waals surface area contributed by atoms with E-state index in [0.717, 1.165) is 12.0 Å². The number of hydrogen-bond acceptors (Lipinski definition) is 6. The molecule has 4 atom stereocenters. The molecule has 1 aliphatic heterocycles. The summed E-state index contributed by atoms with van der Waals surface area (Å²) in [7, 11) is 1.49. The van der Waals surface area contributed by atoms with E-state index in [4.69, 9.17) is 4.74 Å². The molecular formula is C32H48N4O5. The zero-order chi connectivity index (χ0) is 30.8. The fourth-order valence-corrected chi connectivity index (χ4v) is 4.08. The highest BCUT2D eigenvalue weighted by Crippen LogP contribution is 2.15. The summed E-state index contributed by atoms with van der Waals surface area (Å²) in [6, 6.07) is 8.54. The molecule has 9 nitrogen and oxygen atoms in total. The number of benzene rings is 1. The number of likely N-dealkylation sites (N-methyl/N-ethyl adjacent to an activating group) is 1. The Hall–Kier alpha value is -3.69. The minimum atomic E-state index is -1.14. The molecule has 2 rings (SSSR count). The smallest absolute Gasteiger partial charge is 0.245 e. The summed E-state index contributed by atoms with van der Waals surface area (Å²) in [5.74, 6) is -0.725. The van der Waals surface area contributed by atoms with Gasteiger partial charge >= 0.3 is 0 Å². The first-order valence-corrected chi connectivity index (χ1v) is 14.1. The van der Waals surface area contributed by atoms with Gasteiger partial charge in [-0.05, 0) is 32.8 Å². The molecule has 3 amide bonds. The maximum atomic E-state index is 13.3. The number of nitrogens with one attached hydrogen (secondary N) is 3. The summed E-state index contributed by atoms with van der Waals surface area (Å²) < 4.78 is 5.94. The van der Waals surface area contributed by atoms with Crippen molar-refractivity contribution in [2.24, 2.45) is 5.92 Å².